The molecule has 1 atom stereocenters. The molecule has 0 saturated carbocycles. The van der Waals surface area contributed by atoms with Gasteiger partial charge >= 0.3 is 13.8 Å². The van der Waals surface area contributed by atoms with E-state index in [0.717, 1.165) is 32.1 Å². The van der Waals surface area contributed by atoms with Gasteiger partial charge in [-0.15, -0.1) is 0 Å². The lowest BCUT2D eigenvalue weighted by atomic mass is 10.1. The quantitative estimate of drug-likeness (QED) is 0.0643. The van der Waals surface area contributed by atoms with Crippen molar-refractivity contribution in [3.05, 3.63) is 0 Å². The van der Waals surface area contributed by atoms with Crippen LogP contribution in [-0.2, 0) is 23.4 Å². The van der Waals surface area contributed by atoms with E-state index in [9.17, 15) is 9.36 Å². The summed E-state index contributed by atoms with van der Waals surface area (Å²) in [6.45, 7) is 4.69. The van der Waals surface area contributed by atoms with Gasteiger partial charge < -0.3 is 19.3 Å². The van der Waals surface area contributed by atoms with Crippen molar-refractivity contribution < 1.29 is 33.1 Å². The molecule has 0 unspecified atom stereocenters. The summed E-state index contributed by atoms with van der Waals surface area (Å²) in [5.41, 5.74) is 0. The molecule has 0 amide bonds. The first-order chi connectivity index (χ1) is 16.9. The second-order valence-corrected chi connectivity index (χ2v) is 11.0. The minimum Gasteiger partial charge on any atom is -0.457 e. The molecule has 0 bridgehead atoms. The van der Waals surface area contributed by atoms with Crippen molar-refractivity contribution >= 4 is 13.8 Å². The number of phosphoric ester groups is 1. The van der Waals surface area contributed by atoms with E-state index in [1.807, 2.05) is 0 Å². The third-order valence-electron chi connectivity index (χ3n) is 6.16. The first-order valence-electron chi connectivity index (χ1n) is 14.4. The van der Waals surface area contributed by atoms with Crippen LogP contribution in [-0.4, -0.2) is 41.7 Å². The van der Waals surface area contributed by atoms with Crippen molar-refractivity contribution in [2.45, 2.75) is 148 Å². The van der Waals surface area contributed by atoms with E-state index in [4.69, 9.17) is 19.3 Å². The summed E-state index contributed by atoms with van der Waals surface area (Å²) < 4.78 is 26.6. The number of carbonyl (C=O) groups excluding carboxylic acids is 1. The smallest absolute Gasteiger partial charge is 0.457 e. The van der Waals surface area contributed by atoms with Gasteiger partial charge in [0.05, 0.1) is 13.2 Å². The van der Waals surface area contributed by atoms with E-state index >= 15 is 0 Å². The first-order valence-corrected chi connectivity index (χ1v) is 15.9. The Labute approximate surface area is 215 Å². The van der Waals surface area contributed by atoms with E-state index < -0.39 is 13.9 Å². The Bertz CT molecular complexity index is 510. The van der Waals surface area contributed by atoms with Crippen LogP contribution in [0, 0.1) is 0 Å². The number of carbonyl (C=O) groups is 1. The Morgan fingerprint density at radius 1 is 0.657 bits per heavy atom. The van der Waals surface area contributed by atoms with Gasteiger partial charge in [0.1, 0.15) is 6.10 Å². The van der Waals surface area contributed by atoms with Gasteiger partial charge in [0.25, 0.3) is 0 Å². The number of unbranched alkanes of at least 4 members (excludes halogenated alkanes) is 17. The fraction of sp³-hybridized carbons (Fsp3) is 0.963. The normalized spacial score (nSPS) is 12.7. The summed E-state index contributed by atoms with van der Waals surface area (Å²) >= 11 is 0. The van der Waals surface area contributed by atoms with E-state index in [1.54, 1.807) is 0 Å². The fourth-order valence-electron chi connectivity index (χ4n) is 4.03. The average Bonchev–Trinajstić information content (AvgIpc) is 2.81. The predicted octanol–water partition coefficient (Wildman–Crippen LogP) is 7.87. The van der Waals surface area contributed by atoms with Crippen molar-refractivity contribution in [2.75, 3.05) is 19.8 Å². The van der Waals surface area contributed by atoms with Crippen LogP contribution in [0.4, 0.5) is 0 Å². The van der Waals surface area contributed by atoms with Crippen LogP contribution < -0.4 is 0 Å². The van der Waals surface area contributed by atoms with E-state index in [-0.39, 0.29) is 19.2 Å². The van der Waals surface area contributed by atoms with Gasteiger partial charge in [0.15, 0.2) is 0 Å². The summed E-state index contributed by atoms with van der Waals surface area (Å²) in [5, 5.41) is 0. The molecule has 0 spiro atoms. The summed E-state index contributed by atoms with van der Waals surface area (Å²) in [6, 6.07) is 0. The molecule has 0 heterocycles. The molecule has 0 rings (SSSR count). The SMILES string of the molecule is CCCCCCCCCCCCCCOC[C@H](COP(=O)(O)O)OC(=O)CCCCCCCCC. The largest absolute Gasteiger partial charge is 0.469 e. The second-order valence-electron chi connectivity index (χ2n) is 9.73. The summed E-state index contributed by atoms with van der Waals surface area (Å²) in [4.78, 5) is 30.1. The van der Waals surface area contributed by atoms with Crippen molar-refractivity contribution in [1.82, 2.24) is 0 Å². The molecule has 0 aliphatic rings. The molecule has 7 nitrogen and oxygen atoms in total. The van der Waals surface area contributed by atoms with E-state index in [2.05, 4.69) is 18.4 Å². The second kappa shape index (κ2) is 25.2. The Kier molecular flexibility index (Phi) is 24.9. The number of esters is 1. The number of ether oxygens (including phenoxy) is 2. The van der Waals surface area contributed by atoms with Crippen molar-refractivity contribution in [2.24, 2.45) is 0 Å². The molecular weight excluding hydrogens is 467 g/mol. The highest BCUT2D eigenvalue weighted by atomic mass is 31.2. The third-order valence-corrected chi connectivity index (χ3v) is 6.64. The lowest BCUT2D eigenvalue weighted by Crippen LogP contribution is -2.28. The van der Waals surface area contributed by atoms with Gasteiger partial charge in [-0.05, 0) is 12.8 Å². The zero-order valence-corrected chi connectivity index (χ0v) is 23.6. The third kappa shape index (κ3) is 28.0. The molecule has 35 heavy (non-hydrogen) atoms. The zero-order valence-electron chi connectivity index (χ0n) is 22.7. The van der Waals surface area contributed by atoms with Gasteiger partial charge in [-0.3, -0.25) is 9.32 Å². The minimum absolute atomic E-state index is 0.0841. The Morgan fingerprint density at radius 2 is 1.09 bits per heavy atom. The van der Waals surface area contributed by atoms with E-state index in [0.29, 0.717) is 13.0 Å². The van der Waals surface area contributed by atoms with Gasteiger partial charge in [-0.2, -0.15) is 0 Å². The molecule has 0 saturated heterocycles. The van der Waals surface area contributed by atoms with Gasteiger partial charge in [-0.25, -0.2) is 4.57 Å². The maximum absolute atomic E-state index is 12.1. The highest BCUT2D eigenvalue weighted by molar-refractivity contribution is 7.46. The topological polar surface area (TPSA) is 102 Å². The van der Waals surface area contributed by atoms with Gasteiger partial charge in [-0.1, -0.05) is 123 Å². The van der Waals surface area contributed by atoms with Crippen LogP contribution in [0.15, 0.2) is 0 Å². The lowest BCUT2D eigenvalue weighted by Gasteiger charge is -2.18. The maximum atomic E-state index is 12.1. The van der Waals surface area contributed by atoms with Crippen LogP contribution in [0.1, 0.15) is 142 Å². The standard InChI is InChI=1S/C27H55O7P/c1-3-5-7-9-11-12-13-14-15-17-19-21-23-32-24-26(25-33-35(29,30)31)34-27(28)22-20-18-16-10-8-6-4-2/h26H,3-25H2,1-2H3,(H2,29,30,31)/t26-/m1/s1. The lowest BCUT2D eigenvalue weighted by molar-refractivity contribution is -0.154. The summed E-state index contributed by atoms with van der Waals surface area (Å²) in [6.07, 6.45) is 22.5. The van der Waals surface area contributed by atoms with Crippen molar-refractivity contribution in [3.63, 3.8) is 0 Å². The number of phosphoric acid groups is 1. The van der Waals surface area contributed by atoms with Crippen LogP contribution in [0.5, 0.6) is 0 Å². The minimum atomic E-state index is -4.62. The molecule has 0 fully saturated rings. The van der Waals surface area contributed by atoms with Crippen LogP contribution in [0.3, 0.4) is 0 Å². The van der Waals surface area contributed by atoms with E-state index in [1.165, 1.54) is 89.9 Å². The molecule has 0 aromatic heterocycles. The Morgan fingerprint density at radius 3 is 1.54 bits per heavy atom. The molecule has 210 valence electrons. The highest BCUT2D eigenvalue weighted by Crippen LogP contribution is 2.35. The van der Waals surface area contributed by atoms with Crippen LogP contribution in [0.2, 0.25) is 0 Å². The molecule has 0 aliphatic carbocycles. The Hall–Kier alpha value is -0.460. The first kappa shape index (κ1) is 34.5. The maximum Gasteiger partial charge on any atom is 0.469 e. The fourth-order valence-corrected chi connectivity index (χ4v) is 4.39. The van der Waals surface area contributed by atoms with Gasteiger partial charge in [0.2, 0.25) is 0 Å². The molecular formula is C27H55O7P. The van der Waals surface area contributed by atoms with Gasteiger partial charge in [0, 0.05) is 13.0 Å². The molecule has 0 aromatic rings. The highest BCUT2D eigenvalue weighted by Gasteiger charge is 2.21. The number of rotatable bonds is 27. The molecule has 8 heteroatoms. The van der Waals surface area contributed by atoms with Crippen LogP contribution in [0.25, 0.3) is 0 Å². The van der Waals surface area contributed by atoms with Crippen molar-refractivity contribution in [1.29, 1.82) is 0 Å². The zero-order chi connectivity index (χ0) is 26.0. The Balaban J connectivity index is 3.87. The number of hydrogen-bond donors (Lipinski definition) is 2. The monoisotopic (exact) mass is 522 g/mol. The average molecular weight is 523 g/mol. The number of hydrogen-bond acceptors (Lipinski definition) is 5. The predicted molar refractivity (Wildman–Crippen MR) is 142 cm³/mol. The summed E-state index contributed by atoms with van der Waals surface area (Å²) in [5.74, 6) is -0.369. The van der Waals surface area contributed by atoms with Crippen molar-refractivity contribution in [3.8, 4) is 0 Å². The molecule has 0 aliphatic heterocycles. The van der Waals surface area contributed by atoms with Crippen LogP contribution >= 0.6 is 7.82 Å². The molecule has 2 N–H and O–H groups in total. The molecule has 0 aromatic carbocycles. The molecule has 0 radical (unpaired) electrons. The summed E-state index contributed by atoms with van der Waals surface area (Å²) in [7, 11) is -4.62.